The Labute approximate surface area is 260 Å². The van der Waals surface area contributed by atoms with Crippen molar-refractivity contribution in [3.05, 3.63) is 157 Å². The van der Waals surface area contributed by atoms with Crippen molar-refractivity contribution in [3.8, 4) is 22.3 Å². The molecule has 8 aromatic rings. The van der Waals surface area contributed by atoms with Crippen molar-refractivity contribution in [2.45, 2.75) is 0 Å². The Morgan fingerprint density at radius 1 is 0.533 bits per heavy atom. The zero-order valence-electron chi connectivity index (χ0n) is 24.4. The fourth-order valence-electron chi connectivity index (χ4n) is 6.10. The molecule has 0 saturated carbocycles. The summed E-state index contributed by atoms with van der Waals surface area (Å²) in [5.41, 5.74) is 7.50. The standard InChI is InChI=1S/C41H27N3O/c1-43-41(44-40(42)28-9-3-2-4-10-28)37-23-31-13-6-5-11-29(31)21-35(37)27-17-15-26(16-18-27)33-19-20-34-36-22-30-12-7-8-14-32(30)24-39(36)45-38(34)25-33/h2-25,42H,1H2. The summed E-state index contributed by atoms with van der Waals surface area (Å²) in [6, 6.07) is 49.6. The molecule has 0 aliphatic heterocycles. The molecule has 0 amide bonds. The first-order chi connectivity index (χ1) is 22.1. The monoisotopic (exact) mass is 577 g/mol. The van der Waals surface area contributed by atoms with Gasteiger partial charge in [0.15, 0.2) is 11.7 Å². The second kappa shape index (κ2) is 10.9. The van der Waals surface area contributed by atoms with Crippen LogP contribution in [0, 0.1) is 5.41 Å². The molecule has 45 heavy (non-hydrogen) atoms. The number of nitrogens with one attached hydrogen (secondary N) is 1. The summed E-state index contributed by atoms with van der Waals surface area (Å²) in [5, 5.41) is 15.4. The molecule has 0 aliphatic carbocycles. The molecule has 1 aromatic heterocycles. The molecule has 212 valence electrons. The lowest BCUT2D eigenvalue weighted by Crippen LogP contribution is -2.05. The molecule has 0 fully saturated rings. The van der Waals surface area contributed by atoms with Gasteiger partial charge in [0.05, 0.1) is 0 Å². The summed E-state index contributed by atoms with van der Waals surface area (Å²) < 4.78 is 6.33. The first kappa shape index (κ1) is 26.5. The molecule has 0 unspecified atom stereocenters. The van der Waals surface area contributed by atoms with E-state index >= 15 is 0 Å². The van der Waals surface area contributed by atoms with Crippen LogP contribution < -0.4 is 0 Å². The van der Waals surface area contributed by atoms with E-state index in [1.165, 1.54) is 10.8 Å². The van der Waals surface area contributed by atoms with Crippen LogP contribution in [0.15, 0.2) is 160 Å². The lowest BCUT2D eigenvalue weighted by atomic mass is 9.93. The summed E-state index contributed by atoms with van der Waals surface area (Å²) in [6.07, 6.45) is 0. The highest BCUT2D eigenvalue weighted by atomic mass is 16.3. The molecule has 1 heterocycles. The molecule has 7 aromatic carbocycles. The maximum Gasteiger partial charge on any atom is 0.161 e. The molecule has 0 aliphatic rings. The Balaban J connectivity index is 1.20. The van der Waals surface area contributed by atoms with Crippen molar-refractivity contribution in [3.63, 3.8) is 0 Å². The van der Waals surface area contributed by atoms with Crippen LogP contribution in [0.1, 0.15) is 11.1 Å². The van der Waals surface area contributed by atoms with Gasteiger partial charge in [0.1, 0.15) is 11.2 Å². The van der Waals surface area contributed by atoms with E-state index in [9.17, 15) is 0 Å². The number of aliphatic imine (C=N–C) groups is 2. The molecule has 4 nitrogen and oxygen atoms in total. The topological polar surface area (TPSA) is 61.7 Å². The first-order valence-corrected chi connectivity index (χ1v) is 14.8. The summed E-state index contributed by atoms with van der Waals surface area (Å²) in [6.45, 7) is 3.82. The third-order valence-corrected chi connectivity index (χ3v) is 8.41. The average molecular weight is 578 g/mol. The van der Waals surface area contributed by atoms with Gasteiger partial charge in [-0.15, -0.1) is 0 Å². The second-order valence-electron chi connectivity index (χ2n) is 11.1. The van der Waals surface area contributed by atoms with Crippen molar-refractivity contribution in [2.24, 2.45) is 9.98 Å². The van der Waals surface area contributed by atoms with Crippen LogP contribution in [0.5, 0.6) is 0 Å². The molecule has 8 rings (SSSR count). The van der Waals surface area contributed by atoms with Crippen LogP contribution in [-0.2, 0) is 0 Å². The van der Waals surface area contributed by atoms with Gasteiger partial charge in [0, 0.05) is 21.9 Å². The van der Waals surface area contributed by atoms with Crippen LogP contribution in [0.3, 0.4) is 0 Å². The van der Waals surface area contributed by atoms with E-state index in [-0.39, 0.29) is 5.84 Å². The van der Waals surface area contributed by atoms with Crippen LogP contribution in [0.2, 0.25) is 0 Å². The Kier molecular flexibility index (Phi) is 6.39. The molecular weight excluding hydrogens is 550 g/mol. The van der Waals surface area contributed by atoms with E-state index in [0.29, 0.717) is 5.84 Å². The summed E-state index contributed by atoms with van der Waals surface area (Å²) in [7, 11) is 0. The number of amidine groups is 2. The fraction of sp³-hybridized carbons (Fsp3) is 0. The van der Waals surface area contributed by atoms with E-state index < -0.39 is 0 Å². The van der Waals surface area contributed by atoms with E-state index in [0.717, 1.165) is 66.1 Å². The zero-order valence-corrected chi connectivity index (χ0v) is 24.4. The number of hydrogen-bond acceptors (Lipinski definition) is 2. The highest BCUT2D eigenvalue weighted by Crippen LogP contribution is 2.36. The largest absolute Gasteiger partial charge is 0.456 e. The van der Waals surface area contributed by atoms with Gasteiger partial charge in [0.2, 0.25) is 0 Å². The molecule has 0 bridgehead atoms. The van der Waals surface area contributed by atoms with E-state index in [1.54, 1.807) is 0 Å². The first-order valence-electron chi connectivity index (χ1n) is 14.8. The van der Waals surface area contributed by atoms with Gasteiger partial charge in [-0.1, -0.05) is 109 Å². The highest BCUT2D eigenvalue weighted by molar-refractivity contribution is 6.16. The minimum Gasteiger partial charge on any atom is -0.456 e. The molecule has 4 heteroatoms. The number of fused-ring (bicyclic) bond motifs is 5. The highest BCUT2D eigenvalue weighted by Gasteiger charge is 2.15. The van der Waals surface area contributed by atoms with Crippen molar-refractivity contribution in [1.29, 1.82) is 5.41 Å². The normalized spacial score (nSPS) is 11.9. The van der Waals surface area contributed by atoms with Crippen molar-refractivity contribution < 1.29 is 4.42 Å². The number of benzene rings is 7. The van der Waals surface area contributed by atoms with E-state index in [4.69, 9.17) is 9.83 Å². The van der Waals surface area contributed by atoms with Gasteiger partial charge >= 0.3 is 0 Å². The Morgan fingerprint density at radius 2 is 1.11 bits per heavy atom. The third-order valence-electron chi connectivity index (χ3n) is 8.41. The van der Waals surface area contributed by atoms with Gasteiger partial charge in [-0.05, 0) is 86.9 Å². The van der Waals surface area contributed by atoms with Gasteiger partial charge in [-0.25, -0.2) is 9.98 Å². The van der Waals surface area contributed by atoms with Crippen molar-refractivity contribution >= 4 is 61.9 Å². The molecular formula is C41H27N3O. The maximum atomic E-state index is 8.62. The molecule has 0 atom stereocenters. The minimum atomic E-state index is 0.140. The quantitative estimate of drug-likeness (QED) is 0.164. The van der Waals surface area contributed by atoms with Crippen LogP contribution in [-0.4, -0.2) is 18.4 Å². The van der Waals surface area contributed by atoms with E-state index in [1.807, 2.05) is 42.5 Å². The summed E-state index contributed by atoms with van der Waals surface area (Å²) in [4.78, 5) is 8.91. The van der Waals surface area contributed by atoms with E-state index in [2.05, 4.69) is 120 Å². The predicted octanol–water partition coefficient (Wildman–Crippen LogP) is 10.7. The SMILES string of the molecule is C=NC(=NC(=N)c1ccccc1)c1cc2ccccc2cc1-c1ccc(-c2ccc3c(c2)oc2cc4ccccc4cc23)cc1. The number of furan rings is 1. The zero-order chi connectivity index (χ0) is 30.3. The van der Waals surface area contributed by atoms with Crippen molar-refractivity contribution in [1.82, 2.24) is 0 Å². The van der Waals surface area contributed by atoms with Crippen LogP contribution in [0.25, 0.3) is 65.7 Å². The Bertz CT molecular complexity index is 2450. The van der Waals surface area contributed by atoms with Gasteiger partial charge in [0.25, 0.3) is 0 Å². The predicted molar refractivity (Wildman–Crippen MR) is 189 cm³/mol. The lowest BCUT2D eigenvalue weighted by molar-refractivity contribution is 0.669. The summed E-state index contributed by atoms with van der Waals surface area (Å²) in [5.74, 6) is 0.554. The van der Waals surface area contributed by atoms with Crippen LogP contribution in [0.4, 0.5) is 0 Å². The minimum absolute atomic E-state index is 0.140. The molecule has 0 radical (unpaired) electrons. The third kappa shape index (κ3) is 4.79. The Hall–Kier alpha value is -6.13. The van der Waals surface area contributed by atoms with Gasteiger partial charge < -0.3 is 4.42 Å². The second-order valence-corrected chi connectivity index (χ2v) is 11.1. The fourth-order valence-corrected chi connectivity index (χ4v) is 6.10. The Morgan fingerprint density at radius 3 is 1.82 bits per heavy atom. The van der Waals surface area contributed by atoms with Gasteiger partial charge in [-0.2, -0.15) is 0 Å². The van der Waals surface area contributed by atoms with Crippen molar-refractivity contribution in [2.75, 3.05) is 0 Å². The number of nitrogens with zero attached hydrogens (tertiary/aromatic N) is 2. The average Bonchev–Trinajstić information content (AvgIpc) is 3.46. The summed E-state index contributed by atoms with van der Waals surface area (Å²) >= 11 is 0. The number of rotatable bonds is 4. The smallest absolute Gasteiger partial charge is 0.161 e. The molecule has 1 N–H and O–H groups in total. The lowest BCUT2D eigenvalue weighted by Gasteiger charge is -2.13. The molecule has 0 spiro atoms. The maximum absolute atomic E-state index is 8.62. The van der Waals surface area contributed by atoms with Gasteiger partial charge in [-0.3, -0.25) is 5.41 Å². The molecule has 0 saturated heterocycles. The van der Waals surface area contributed by atoms with Crippen LogP contribution >= 0.6 is 0 Å². The number of hydrogen-bond donors (Lipinski definition) is 1.